The van der Waals surface area contributed by atoms with Gasteiger partial charge in [-0.2, -0.15) is 10.3 Å². The monoisotopic (exact) mass is 663 g/mol. The molecule has 254 valence electrons. The van der Waals surface area contributed by atoms with E-state index < -0.39 is 23.6 Å². The summed E-state index contributed by atoms with van der Waals surface area (Å²) in [5.74, 6) is -0.427. The molecule has 0 unspecified atom stereocenters. The number of anilines is 1. The largest absolute Gasteiger partial charge is 0.444 e. The first-order valence-electron chi connectivity index (χ1n) is 16.5. The molecule has 0 radical (unpaired) electrons. The topological polar surface area (TPSA) is 185 Å². The van der Waals surface area contributed by atoms with E-state index in [2.05, 4.69) is 36.1 Å². The second kappa shape index (κ2) is 14.3. The number of H-pyrrole nitrogens is 2. The van der Waals surface area contributed by atoms with E-state index in [1.165, 1.54) is 0 Å². The fourth-order valence-corrected chi connectivity index (χ4v) is 6.45. The minimum absolute atomic E-state index is 0.155. The second-order valence-electron chi connectivity index (χ2n) is 13.5. The zero-order valence-electron chi connectivity index (χ0n) is 27.8. The lowest BCUT2D eigenvalue weighted by Gasteiger charge is -2.36. The molecule has 1 aliphatic carbocycles. The van der Waals surface area contributed by atoms with Crippen molar-refractivity contribution in [2.24, 2.45) is 17.6 Å². The quantitative estimate of drug-likeness (QED) is 0.158. The first kappa shape index (κ1) is 33.3. The third-order valence-electron chi connectivity index (χ3n) is 8.94. The van der Waals surface area contributed by atoms with Crippen molar-refractivity contribution in [2.75, 3.05) is 11.4 Å². The van der Waals surface area contributed by atoms with Gasteiger partial charge in [0.25, 0.3) is 0 Å². The number of primary amides is 1. The average molecular weight is 664 g/mol. The average Bonchev–Trinajstić information content (AvgIpc) is 3.80. The highest BCUT2D eigenvalue weighted by Crippen LogP contribution is 2.34. The van der Waals surface area contributed by atoms with Gasteiger partial charge in [-0.1, -0.05) is 36.4 Å². The van der Waals surface area contributed by atoms with Crippen LogP contribution < -0.4 is 16.0 Å². The molecule has 1 aliphatic rings. The van der Waals surface area contributed by atoms with Crippen LogP contribution in [0.15, 0.2) is 72.9 Å². The maximum Gasteiger partial charge on any atom is 0.407 e. The lowest BCUT2D eigenvalue weighted by molar-refractivity contribution is -0.127. The minimum atomic E-state index is -0.932. The summed E-state index contributed by atoms with van der Waals surface area (Å²) < 4.78 is 5.37. The molecular weight excluding hydrogens is 622 g/mol. The summed E-state index contributed by atoms with van der Waals surface area (Å²) in [6, 6.07) is 20.2. The number of nitrogens with two attached hydrogens (primary N) is 1. The van der Waals surface area contributed by atoms with Gasteiger partial charge in [-0.05, 0) is 105 Å². The van der Waals surface area contributed by atoms with Gasteiger partial charge in [0.1, 0.15) is 11.6 Å². The van der Waals surface area contributed by atoms with Crippen LogP contribution in [0.4, 0.5) is 10.5 Å². The van der Waals surface area contributed by atoms with E-state index in [9.17, 15) is 14.4 Å². The lowest BCUT2D eigenvalue weighted by atomic mass is 9.81. The molecule has 5 aromatic rings. The molecule has 1 atom stereocenters. The standard InChI is InChI=1S/C36H41N9O4/c1-36(2,3)49-35(48)38-20-23-9-13-26(14-10-23)34(47)45(27-17-15-25(16-18-27)33-41-43-44-42-33)31(32(37)46)19-22-7-11-24(12-8-22)28-5-4-6-30-29(28)21-39-40-30/h4-8,11-12,15-18,21,23,26,31H,9-10,13-14,19-20H2,1-3H3,(H2,37,46)(H,38,48)(H,39,40)(H,41,42,43,44)/t23?,26?,31-/m0/s1. The third kappa shape index (κ3) is 7.94. The van der Waals surface area contributed by atoms with Crippen LogP contribution in [0.1, 0.15) is 52.0 Å². The molecule has 1 fully saturated rings. The number of tetrazole rings is 1. The van der Waals surface area contributed by atoms with Crippen molar-refractivity contribution in [3.63, 3.8) is 0 Å². The number of amides is 3. The van der Waals surface area contributed by atoms with E-state index in [4.69, 9.17) is 10.5 Å². The summed E-state index contributed by atoms with van der Waals surface area (Å²) in [5, 5.41) is 25.2. The number of nitrogens with one attached hydrogen (secondary N) is 3. The van der Waals surface area contributed by atoms with Crippen LogP contribution >= 0.6 is 0 Å². The van der Waals surface area contributed by atoms with Gasteiger partial charge < -0.3 is 15.8 Å². The molecule has 49 heavy (non-hydrogen) atoms. The number of carbonyl (C=O) groups excluding carboxylic acids is 3. The zero-order valence-corrected chi connectivity index (χ0v) is 27.8. The number of fused-ring (bicyclic) bond motifs is 1. The molecule has 0 spiro atoms. The summed E-state index contributed by atoms with van der Waals surface area (Å²) in [7, 11) is 0. The van der Waals surface area contributed by atoms with Crippen LogP contribution in [0.3, 0.4) is 0 Å². The highest BCUT2D eigenvalue weighted by atomic mass is 16.6. The predicted octanol–water partition coefficient (Wildman–Crippen LogP) is 5.17. The van der Waals surface area contributed by atoms with Gasteiger partial charge in [-0.3, -0.25) is 19.6 Å². The molecule has 0 aliphatic heterocycles. The van der Waals surface area contributed by atoms with Crippen molar-refractivity contribution in [3.8, 4) is 22.5 Å². The van der Waals surface area contributed by atoms with Crippen LogP contribution in [0.2, 0.25) is 0 Å². The number of benzene rings is 3. The number of ether oxygens (including phenoxy) is 1. The van der Waals surface area contributed by atoms with Gasteiger partial charge in [0, 0.05) is 35.5 Å². The van der Waals surface area contributed by atoms with Gasteiger partial charge in [0.15, 0.2) is 0 Å². The summed E-state index contributed by atoms with van der Waals surface area (Å²) >= 11 is 0. The first-order valence-corrected chi connectivity index (χ1v) is 16.5. The van der Waals surface area contributed by atoms with E-state index in [1.54, 1.807) is 35.4 Å². The van der Waals surface area contributed by atoms with E-state index >= 15 is 0 Å². The number of rotatable bonds is 10. The summed E-state index contributed by atoms with van der Waals surface area (Å²) in [6.45, 7) is 5.95. The molecule has 0 saturated heterocycles. The van der Waals surface area contributed by atoms with Gasteiger partial charge in [-0.25, -0.2) is 4.79 Å². The number of hydrogen-bond acceptors (Lipinski definition) is 8. The molecular formula is C36H41N9O4. The molecule has 1 saturated carbocycles. The molecule has 13 nitrogen and oxygen atoms in total. The maximum atomic E-state index is 14.4. The molecule has 5 N–H and O–H groups in total. The summed E-state index contributed by atoms with van der Waals surface area (Å²) in [4.78, 5) is 41.3. The first-order chi connectivity index (χ1) is 23.6. The molecule has 0 bridgehead atoms. The van der Waals surface area contributed by atoms with Crippen LogP contribution in [0.25, 0.3) is 33.4 Å². The number of alkyl carbamates (subject to hydrolysis) is 1. The zero-order chi connectivity index (χ0) is 34.5. The SMILES string of the molecule is CC(C)(C)OC(=O)NCC1CCC(C(=O)N(c2ccc(-c3nn[nH]n3)cc2)[C@@H](Cc2ccc(-c3cccc4[nH]ncc34)cc2)C(N)=O)CC1. The fourth-order valence-electron chi connectivity index (χ4n) is 6.45. The van der Waals surface area contributed by atoms with Crippen molar-refractivity contribution < 1.29 is 19.1 Å². The van der Waals surface area contributed by atoms with Crippen LogP contribution in [0.5, 0.6) is 0 Å². The second-order valence-corrected chi connectivity index (χ2v) is 13.5. The van der Waals surface area contributed by atoms with Crippen molar-refractivity contribution in [1.29, 1.82) is 0 Å². The molecule has 3 aromatic carbocycles. The molecule has 6 rings (SSSR count). The Morgan fingerprint density at radius 3 is 2.35 bits per heavy atom. The minimum Gasteiger partial charge on any atom is -0.444 e. The number of carbonyl (C=O) groups is 3. The fraction of sp³-hybridized carbons (Fsp3) is 0.361. The number of nitrogens with zero attached hydrogens (tertiary/aromatic N) is 5. The Hall–Kier alpha value is -5.59. The number of hydrogen-bond donors (Lipinski definition) is 4. The van der Waals surface area contributed by atoms with Gasteiger partial charge in [0.2, 0.25) is 17.6 Å². The van der Waals surface area contributed by atoms with Crippen LogP contribution in [-0.4, -0.2) is 66.9 Å². The Bertz CT molecular complexity index is 1890. The molecule has 2 aromatic heterocycles. The Morgan fingerprint density at radius 1 is 0.980 bits per heavy atom. The molecule has 3 amide bonds. The Balaban J connectivity index is 1.21. The van der Waals surface area contributed by atoms with E-state index in [-0.39, 0.29) is 24.2 Å². The maximum absolute atomic E-state index is 14.4. The van der Waals surface area contributed by atoms with Crippen molar-refractivity contribution in [3.05, 3.63) is 78.5 Å². The van der Waals surface area contributed by atoms with Crippen molar-refractivity contribution >= 4 is 34.5 Å². The predicted molar refractivity (Wildman–Crippen MR) is 185 cm³/mol. The van der Waals surface area contributed by atoms with E-state index in [0.29, 0.717) is 36.5 Å². The summed E-state index contributed by atoms with van der Waals surface area (Å²) in [6.07, 6.45) is 4.34. The lowest BCUT2D eigenvalue weighted by Crippen LogP contribution is -2.52. The Morgan fingerprint density at radius 2 is 1.69 bits per heavy atom. The van der Waals surface area contributed by atoms with Gasteiger partial charge in [-0.15, -0.1) is 10.2 Å². The van der Waals surface area contributed by atoms with E-state index in [0.717, 1.165) is 40.4 Å². The Kier molecular flexibility index (Phi) is 9.70. The van der Waals surface area contributed by atoms with Crippen LogP contribution in [0, 0.1) is 11.8 Å². The van der Waals surface area contributed by atoms with Crippen molar-refractivity contribution in [2.45, 2.75) is 64.5 Å². The molecule has 13 heteroatoms. The number of aromatic nitrogens is 6. The highest BCUT2D eigenvalue weighted by molar-refractivity contribution is 6.02. The smallest absolute Gasteiger partial charge is 0.407 e. The third-order valence-corrected chi connectivity index (χ3v) is 8.94. The van der Waals surface area contributed by atoms with Gasteiger partial charge >= 0.3 is 6.09 Å². The Labute approximate surface area is 284 Å². The van der Waals surface area contributed by atoms with E-state index in [1.807, 2.05) is 63.2 Å². The number of aromatic amines is 2. The molecule has 2 heterocycles. The van der Waals surface area contributed by atoms with Gasteiger partial charge in [0.05, 0.1) is 11.7 Å². The normalized spacial score (nSPS) is 17.0. The van der Waals surface area contributed by atoms with Crippen molar-refractivity contribution in [1.82, 2.24) is 36.1 Å². The highest BCUT2D eigenvalue weighted by Gasteiger charge is 2.36. The summed E-state index contributed by atoms with van der Waals surface area (Å²) in [5.41, 5.74) is 10.6. The van der Waals surface area contributed by atoms with Crippen LogP contribution in [-0.2, 0) is 20.7 Å².